The van der Waals surface area contributed by atoms with E-state index in [4.69, 9.17) is 34.8 Å². The zero-order chi connectivity index (χ0) is 17.9. The molecule has 0 aliphatic rings. The number of anilines is 1. The van der Waals surface area contributed by atoms with Crippen LogP contribution in [0.2, 0.25) is 15.1 Å². The SMILES string of the molecule is Cc1ccc(NC(=O)CN[C@H](C)c2cc(F)c(Cl)cc2Cl)c(Cl)c1. The highest BCUT2D eigenvalue weighted by Gasteiger charge is 2.14. The average molecular weight is 390 g/mol. The molecule has 0 unspecified atom stereocenters. The second-order valence-corrected chi connectivity index (χ2v) is 6.64. The molecular weight excluding hydrogens is 374 g/mol. The summed E-state index contributed by atoms with van der Waals surface area (Å²) >= 11 is 17.8. The highest BCUT2D eigenvalue weighted by atomic mass is 35.5. The van der Waals surface area contributed by atoms with Crippen LogP contribution in [0.5, 0.6) is 0 Å². The molecule has 0 saturated carbocycles. The predicted octanol–water partition coefficient (Wildman–Crippen LogP) is 5.38. The van der Waals surface area contributed by atoms with E-state index in [9.17, 15) is 9.18 Å². The summed E-state index contributed by atoms with van der Waals surface area (Å²) in [5.74, 6) is -0.821. The minimum atomic E-state index is -0.555. The van der Waals surface area contributed by atoms with E-state index in [0.29, 0.717) is 21.3 Å². The molecule has 128 valence electrons. The molecule has 0 saturated heterocycles. The van der Waals surface area contributed by atoms with Crippen LogP contribution in [0.25, 0.3) is 0 Å². The Morgan fingerprint density at radius 3 is 2.50 bits per heavy atom. The number of rotatable bonds is 5. The molecule has 2 aromatic carbocycles. The van der Waals surface area contributed by atoms with Crippen molar-refractivity contribution >= 4 is 46.4 Å². The quantitative estimate of drug-likeness (QED) is 0.674. The van der Waals surface area contributed by atoms with E-state index in [2.05, 4.69) is 10.6 Å². The van der Waals surface area contributed by atoms with Crippen molar-refractivity contribution in [2.75, 3.05) is 11.9 Å². The van der Waals surface area contributed by atoms with Gasteiger partial charge in [-0.1, -0.05) is 40.9 Å². The fourth-order valence-electron chi connectivity index (χ4n) is 2.14. The van der Waals surface area contributed by atoms with Gasteiger partial charge < -0.3 is 10.6 Å². The third-order valence-corrected chi connectivity index (χ3v) is 4.40. The van der Waals surface area contributed by atoms with Gasteiger partial charge in [0.15, 0.2) is 0 Å². The van der Waals surface area contributed by atoms with Crippen molar-refractivity contribution in [2.24, 2.45) is 0 Å². The molecule has 7 heteroatoms. The number of hydrogen-bond acceptors (Lipinski definition) is 2. The summed E-state index contributed by atoms with van der Waals surface area (Å²) in [4.78, 5) is 12.0. The molecule has 0 aromatic heterocycles. The lowest BCUT2D eigenvalue weighted by Crippen LogP contribution is -2.30. The Balaban J connectivity index is 1.97. The average Bonchev–Trinajstić information content (AvgIpc) is 2.51. The molecule has 2 aromatic rings. The molecule has 3 nitrogen and oxygen atoms in total. The van der Waals surface area contributed by atoms with Crippen molar-refractivity contribution in [1.29, 1.82) is 0 Å². The van der Waals surface area contributed by atoms with Crippen molar-refractivity contribution in [3.8, 4) is 0 Å². The Bertz CT molecular complexity index is 768. The maximum absolute atomic E-state index is 13.6. The van der Waals surface area contributed by atoms with Gasteiger partial charge in [-0.25, -0.2) is 4.39 Å². The molecule has 0 radical (unpaired) electrons. The number of halogens is 4. The molecule has 0 fully saturated rings. The van der Waals surface area contributed by atoms with Crippen molar-refractivity contribution in [3.63, 3.8) is 0 Å². The zero-order valence-electron chi connectivity index (χ0n) is 13.1. The third kappa shape index (κ3) is 4.84. The number of aryl methyl sites for hydroxylation is 1. The highest BCUT2D eigenvalue weighted by Crippen LogP contribution is 2.28. The number of amides is 1. The smallest absolute Gasteiger partial charge is 0.238 e. The van der Waals surface area contributed by atoms with E-state index >= 15 is 0 Å². The van der Waals surface area contributed by atoms with E-state index in [1.165, 1.54) is 12.1 Å². The van der Waals surface area contributed by atoms with Crippen molar-refractivity contribution in [1.82, 2.24) is 5.32 Å². The second-order valence-electron chi connectivity index (χ2n) is 5.42. The first kappa shape index (κ1) is 19.0. The first-order chi connectivity index (χ1) is 11.3. The number of carbonyl (C=O) groups excluding carboxylic acids is 1. The van der Waals surface area contributed by atoms with Crippen molar-refractivity contribution in [2.45, 2.75) is 19.9 Å². The minimum Gasteiger partial charge on any atom is -0.324 e. The standard InChI is InChI=1S/C17H16Cl3FN2O/c1-9-3-4-16(14(20)5-9)23-17(24)8-22-10(2)11-6-15(21)13(19)7-12(11)18/h3-7,10,22H,8H2,1-2H3,(H,23,24)/t10-/m1/s1. The molecule has 1 amide bonds. The van der Waals surface area contributed by atoms with Gasteiger partial charge in [0.25, 0.3) is 0 Å². The first-order valence-electron chi connectivity index (χ1n) is 7.21. The Kier molecular flexibility index (Phi) is 6.47. The second kappa shape index (κ2) is 8.17. The Hall–Kier alpha value is -1.33. The molecule has 0 heterocycles. The topological polar surface area (TPSA) is 41.1 Å². The summed E-state index contributed by atoms with van der Waals surface area (Å²) in [5, 5.41) is 6.47. The van der Waals surface area contributed by atoms with Crippen LogP contribution in [0, 0.1) is 12.7 Å². The van der Waals surface area contributed by atoms with Crippen LogP contribution in [0.4, 0.5) is 10.1 Å². The third-order valence-electron chi connectivity index (χ3n) is 3.47. The van der Waals surface area contributed by atoms with Crippen LogP contribution in [0.3, 0.4) is 0 Å². The van der Waals surface area contributed by atoms with Crippen LogP contribution in [0.1, 0.15) is 24.1 Å². The number of hydrogen-bond donors (Lipinski definition) is 2. The molecule has 2 N–H and O–H groups in total. The maximum Gasteiger partial charge on any atom is 0.238 e. The number of nitrogens with one attached hydrogen (secondary N) is 2. The van der Waals surface area contributed by atoms with Crippen LogP contribution in [-0.4, -0.2) is 12.5 Å². The van der Waals surface area contributed by atoms with Gasteiger partial charge in [-0.15, -0.1) is 0 Å². The highest BCUT2D eigenvalue weighted by molar-refractivity contribution is 6.35. The van der Waals surface area contributed by atoms with Crippen LogP contribution in [-0.2, 0) is 4.79 Å². The van der Waals surface area contributed by atoms with Gasteiger partial charge in [-0.05, 0) is 49.2 Å². The van der Waals surface area contributed by atoms with Crippen molar-refractivity contribution < 1.29 is 9.18 Å². The molecule has 24 heavy (non-hydrogen) atoms. The summed E-state index contributed by atoms with van der Waals surface area (Å²) in [7, 11) is 0. The lowest BCUT2D eigenvalue weighted by Gasteiger charge is -2.16. The Labute approximate surface area is 155 Å². The fraction of sp³-hybridized carbons (Fsp3) is 0.235. The van der Waals surface area contributed by atoms with Crippen LogP contribution in [0.15, 0.2) is 30.3 Å². The molecule has 0 aliphatic heterocycles. The van der Waals surface area contributed by atoms with E-state index < -0.39 is 5.82 Å². The molecule has 0 bridgehead atoms. The first-order valence-corrected chi connectivity index (χ1v) is 8.35. The number of benzene rings is 2. The van der Waals surface area contributed by atoms with Gasteiger partial charge in [0.2, 0.25) is 5.91 Å². The summed E-state index contributed by atoms with van der Waals surface area (Å²) < 4.78 is 13.6. The normalized spacial score (nSPS) is 12.1. The molecule has 1 atom stereocenters. The largest absolute Gasteiger partial charge is 0.324 e. The van der Waals surface area contributed by atoms with Gasteiger partial charge in [0, 0.05) is 11.1 Å². The maximum atomic E-state index is 13.6. The molecule has 0 spiro atoms. The van der Waals surface area contributed by atoms with Crippen LogP contribution >= 0.6 is 34.8 Å². The fourth-order valence-corrected chi connectivity index (χ4v) is 2.97. The lowest BCUT2D eigenvalue weighted by molar-refractivity contribution is -0.115. The van der Waals surface area contributed by atoms with Gasteiger partial charge in [0.05, 0.1) is 22.3 Å². The van der Waals surface area contributed by atoms with Crippen molar-refractivity contribution in [3.05, 3.63) is 62.3 Å². The summed E-state index contributed by atoms with van der Waals surface area (Å²) in [6, 6.07) is 7.64. The van der Waals surface area contributed by atoms with E-state index in [-0.39, 0.29) is 23.5 Å². The predicted molar refractivity (Wildman–Crippen MR) is 97.7 cm³/mol. The van der Waals surface area contributed by atoms with E-state index in [0.717, 1.165) is 5.56 Å². The van der Waals surface area contributed by atoms with E-state index in [1.54, 1.807) is 19.1 Å². The molecular formula is C17H16Cl3FN2O. The van der Waals surface area contributed by atoms with E-state index in [1.807, 2.05) is 13.0 Å². The molecule has 0 aliphatic carbocycles. The molecule has 2 rings (SSSR count). The summed E-state index contributed by atoms with van der Waals surface area (Å²) in [6.45, 7) is 3.71. The minimum absolute atomic E-state index is 0.0198. The Morgan fingerprint density at radius 2 is 1.83 bits per heavy atom. The van der Waals surface area contributed by atoms with Gasteiger partial charge >= 0.3 is 0 Å². The Morgan fingerprint density at radius 1 is 1.12 bits per heavy atom. The van der Waals surface area contributed by atoms with Gasteiger partial charge in [-0.2, -0.15) is 0 Å². The number of carbonyl (C=O) groups is 1. The summed E-state index contributed by atoms with van der Waals surface area (Å²) in [5.41, 5.74) is 2.07. The lowest BCUT2D eigenvalue weighted by atomic mass is 10.1. The monoisotopic (exact) mass is 388 g/mol. The van der Waals surface area contributed by atoms with Gasteiger partial charge in [-0.3, -0.25) is 4.79 Å². The summed E-state index contributed by atoms with van der Waals surface area (Å²) in [6.07, 6.45) is 0. The van der Waals surface area contributed by atoms with Gasteiger partial charge in [0.1, 0.15) is 5.82 Å². The van der Waals surface area contributed by atoms with Crippen LogP contribution < -0.4 is 10.6 Å². The zero-order valence-corrected chi connectivity index (χ0v) is 15.4.